The molecule has 0 fully saturated rings. The molecule has 2 N–H and O–H groups in total. The average molecular weight is 255 g/mol. The van der Waals surface area contributed by atoms with E-state index in [2.05, 4.69) is 54.6 Å². The fourth-order valence-electron chi connectivity index (χ4n) is 2.21. The van der Waals surface area contributed by atoms with Gasteiger partial charge in [0, 0.05) is 29.1 Å². The molecule has 19 heavy (non-hydrogen) atoms. The Kier molecular flexibility index (Phi) is 3.38. The molecule has 0 unspecified atom stereocenters. The van der Waals surface area contributed by atoms with Crippen molar-refractivity contribution in [1.82, 2.24) is 10.3 Å². The lowest BCUT2D eigenvalue weighted by molar-refractivity contribution is 0.399. The molecule has 0 amide bonds. The number of hydrogen-bond acceptors (Lipinski definition) is 2. The van der Waals surface area contributed by atoms with E-state index in [0.717, 1.165) is 12.1 Å². The molecule has 0 radical (unpaired) electrons. The molecule has 2 aromatic rings. The lowest BCUT2D eigenvalue weighted by atomic mass is 9.83. The molecule has 0 saturated carbocycles. The molecule has 0 spiro atoms. The number of nitrogens with zero attached hydrogens (tertiary/aromatic N) is 1. The van der Waals surface area contributed by atoms with E-state index in [9.17, 15) is 0 Å². The Hall–Kier alpha value is -1.79. The molecular weight excluding hydrogens is 234 g/mol. The van der Waals surface area contributed by atoms with Crippen LogP contribution in [0.2, 0.25) is 0 Å². The van der Waals surface area contributed by atoms with Gasteiger partial charge in [-0.25, -0.2) is 0 Å². The quantitative estimate of drug-likeness (QED) is 0.880. The number of fused-ring (bicyclic) bond motifs is 1. The topological polar surface area (TPSA) is 51.6 Å². The van der Waals surface area contributed by atoms with Crippen LogP contribution in [0.5, 0.6) is 0 Å². The number of nitrogens with one attached hydrogen (secondary N) is 2. The van der Waals surface area contributed by atoms with Crippen LogP contribution in [0.25, 0.3) is 10.9 Å². The first kappa shape index (κ1) is 13.6. The number of H-pyrrole nitrogens is 1. The highest BCUT2D eigenvalue weighted by molar-refractivity contribution is 5.84. The number of rotatable bonds is 4. The molecule has 1 aromatic heterocycles. The molecule has 1 heterocycles. The monoisotopic (exact) mass is 255 g/mol. The van der Waals surface area contributed by atoms with Crippen molar-refractivity contribution in [2.45, 2.75) is 38.6 Å². The Bertz CT molecular complexity index is 614. The van der Waals surface area contributed by atoms with Gasteiger partial charge in [0.25, 0.3) is 0 Å². The van der Waals surface area contributed by atoms with E-state index in [4.69, 9.17) is 5.26 Å². The molecule has 100 valence electrons. The van der Waals surface area contributed by atoms with Crippen molar-refractivity contribution in [1.29, 1.82) is 5.26 Å². The molecule has 0 bridgehead atoms. The lowest BCUT2D eigenvalue weighted by Gasteiger charge is -2.29. The largest absolute Gasteiger partial charge is 0.361 e. The summed E-state index contributed by atoms with van der Waals surface area (Å²) in [7, 11) is 0. The van der Waals surface area contributed by atoms with E-state index < -0.39 is 5.54 Å². The van der Waals surface area contributed by atoms with Gasteiger partial charge in [0.05, 0.1) is 6.07 Å². The van der Waals surface area contributed by atoms with Gasteiger partial charge < -0.3 is 4.98 Å². The van der Waals surface area contributed by atoms with Crippen LogP contribution >= 0.6 is 0 Å². The second kappa shape index (κ2) is 4.71. The van der Waals surface area contributed by atoms with Gasteiger partial charge in [0.15, 0.2) is 0 Å². The molecule has 2 rings (SSSR count). The van der Waals surface area contributed by atoms with Crippen molar-refractivity contribution >= 4 is 10.9 Å². The first-order valence-electron chi connectivity index (χ1n) is 6.59. The molecule has 0 aliphatic heterocycles. The van der Waals surface area contributed by atoms with Gasteiger partial charge in [0.1, 0.15) is 5.54 Å². The van der Waals surface area contributed by atoms with E-state index in [1.807, 2.05) is 19.9 Å². The fourth-order valence-corrected chi connectivity index (χ4v) is 2.21. The minimum Gasteiger partial charge on any atom is -0.361 e. The summed E-state index contributed by atoms with van der Waals surface area (Å²) in [4.78, 5) is 3.31. The predicted molar refractivity (Wildman–Crippen MR) is 79.0 cm³/mol. The Balaban J connectivity index is 2.27. The minimum atomic E-state index is -0.497. The van der Waals surface area contributed by atoms with Gasteiger partial charge in [-0.1, -0.05) is 32.0 Å². The maximum atomic E-state index is 9.07. The first-order valence-corrected chi connectivity index (χ1v) is 6.59. The Morgan fingerprint density at radius 3 is 2.58 bits per heavy atom. The molecule has 0 saturated heterocycles. The summed E-state index contributed by atoms with van der Waals surface area (Å²) in [6, 6.07) is 10.6. The van der Waals surface area contributed by atoms with Crippen LogP contribution in [-0.4, -0.2) is 17.1 Å². The Labute approximate surface area is 114 Å². The van der Waals surface area contributed by atoms with E-state index in [-0.39, 0.29) is 5.41 Å². The summed E-state index contributed by atoms with van der Waals surface area (Å²) >= 11 is 0. The van der Waals surface area contributed by atoms with Crippen molar-refractivity contribution in [2.24, 2.45) is 0 Å². The maximum absolute atomic E-state index is 9.07. The molecule has 1 aromatic carbocycles. The standard InChI is InChI=1S/C16H21N3/c1-15(2,11-19-16(3,4)10-17)13-9-18-14-8-6-5-7-12(13)14/h5-9,18-19H,11H2,1-4H3. The summed E-state index contributed by atoms with van der Waals surface area (Å²) in [5.41, 5.74) is 1.91. The normalized spacial score (nSPS) is 12.6. The highest BCUT2D eigenvalue weighted by Gasteiger charge is 2.27. The van der Waals surface area contributed by atoms with Crippen molar-refractivity contribution in [3.8, 4) is 6.07 Å². The van der Waals surface area contributed by atoms with Crippen molar-refractivity contribution < 1.29 is 0 Å². The van der Waals surface area contributed by atoms with E-state index >= 15 is 0 Å². The summed E-state index contributed by atoms with van der Waals surface area (Å²) in [5, 5.41) is 13.7. The van der Waals surface area contributed by atoms with E-state index in [0.29, 0.717) is 0 Å². The number of nitriles is 1. The molecule has 0 atom stereocenters. The van der Waals surface area contributed by atoms with Crippen LogP contribution in [-0.2, 0) is 5.41 Å². The van der Waals surface area contributed by atoms with Crippen LogP contribution in [0.3, 0.4) is 0 Å². The number of hydrogen-bond donors (Lipinski definition) is 2. The van der Waals surface area contributed by atoms with Crippen LogP contribution in [0.4, 0.5) is 0 Å². The lowest BCUT2D eigenvalue weighted by Crippen LogP contribution is -2.44. The minimum absolute atomic E-state index is 0.0340. The molecular formula is C16H21N3. The zero-order valence-corrected chi connectivity index (χ0v) is 12.0. The summed E-state index contributed by atoms with van der Waals surface area (Å²) in [6.07, 6.45) is 2.08. The Morgan fingerprint density at radius 2 is 1.89 bits per heavy atom. The summed E-state index contributed by atoms with van der Waals surface area (Å²) < 4.78 is 0. The number of para-hydroxylation sites is 1. The second-order valence-corrected chi connectivity index (χ2v) is 6.22. The van der Waals surface area contributed by atoms with E-state index in [1.165, 1.54) is 10.9 Å². The number of aromatic nitrogens is 1. The Morgan fingerprint density at radius 1 is 1.21 bits per heavy atom. The van der Waals surface area contributed by atoms with Crippen LogP contribution in [0.1, 0.15) is 33.3 Å². The van der Waals surface area contributed by atoms with Crippen molar-refractivity contribution in [2.75, 3.05) is 6.54 Å². The zero-order valence-electron chi connectivity index (χ0n) is 12.0. The third kappa shape index (κ3) is 2.80. The van der Waals surface area contributed by atoms with Crippen molar-refractivity contribution in [3.05, 3.63) is 36.0 Å². The second-order valence-electron chi connectivity index (χ2n) is 6.22. The molecule has 3 heteroatoms. The van der Waals surface area contributed by atoms with Gasteiger partial charge in [0.2, 0.25) is 0 Å². The van der Waals surface area contributed by atoms with Gasteiger partial charge in [-0.2, -0.15) is 5.26 Å². The van der Waals surface area contributed by atoms with Gasteiger partial charge >= 0.3 is 0 Å². The molecule has 0 aliphatic rings. The van der Waals surface area contributed by atoms with Crippen LogP contribution < -0.4 is 5.32 Å². The average Bonchev–Trinajstić information content (AvgIpc) is 2.81. The van der Waals surface area contributed by atoms with Gasteiger partial charge in [-0.15, -0.1) is 0 Å². The number of benzene rings is 1. The van der Waals surface area contributed by atoms with E-state index in [1.54, 1.807) is 0 Å². The van der Waals surface area contributed by atoms with Crippen LogP contribution in [0, 0.1) is 11.3 Å². The highest BCUT2D eigenvalue weighted by Crippen LogP contribution is 2.30. The van der Waals surface area contributed by atoms with Gasteiger partial charge in [-0.05, 0) is 25.5 Å². The zero-order chi connectivity index (χ0) is 14.1. The van der Waals surface area contributed by atoms with Crippen molar-refractivity contribution in [3.63, 3.8) is 0 Å². The maximum Gasteiger partial charge on any atom is 0.101 e. The third-order valence-electron chi connectivity index (χ3n) is 3.57. The molecule has 0 aliphatic carbocycles. The first-order chi connectivity index (χ1) is 8.86. The summed E-state index contributed by atoms with van der Waals surface area (Å²) in [6.45, 7) is 8.96. The molecule has 3 nitrogen and oxygen atoms in total. The van der Waals surface area contributed by atoms with Gasteiger partial charge in [-0.3, -0.25) is 5.32 Å². The van der Waals surface area contributed by atoms with Crippen LogP contribution in [0.15, 0.2) is 30.5 Å². The highest BCUT2D eigenvalue weighted by atomic mass is 15.0. The third-order valence-corrected chi connectivity index (χ3v) is 3.57. The SMILES string of the molecule is CC(C)(C#N)NCC(C)(C)c1c[nH]c2ccccc12. The fraction of sp³-hybridized carbons (Fsp3) is 0.438. The number of aromatic amines is 1. The summed E-state index contributed by atoms with van der Waals surface area (Å²) in [5.74, 6) is 0. The smallest absolute Gasteiger partial charge is 0.101 e. The predicted octanol–water partition coefficient (Wildman–Crippen LogP) is 3.34.